The molecule has 9 heteroatoms. The molecule has 2 aliphatic rings. The molecular formula is C20H28N8O. The van der Waals surface area contributed by atoms with Crippen LogP contribution >= 0.6 is 0 Å². The van der Waals surface area contributed by atoms with Gasteiger partial charge in [0.25, 0.3) is 0 Å². The molecule has 1 saturated heterocycles. The SMILES string of the molecule is COc1cc(N2CCN(C)CC2)c(-c2cnn(C)c2)cc1C1(N)C=C(N)NC=N1. The first-order valence-electron chi connectivity index (χ1n) is 9.62. The fraction of sp³-hybridized carbons (Fsp3) is 0.400. The van der Waals surface area contributed by atoms with Gasteiger partial charge in [-0.2, -0.15) is 5.10 Å². The van der Waals surface area contributed by atoms with Crippen molar-refractivity contribution in [2.45, 2.75) is 5.66 Å². The number of hydrogen-bond donors (Lipinski definition) is 3. The predicted octanol–water partition coefficient (Wildman–Crippen LogP) is 0.391. The topological polar surface area (TPSA) is 110 Å². The standard InChI is InChI=1S/C20H28N8O/c1-26-4-6-28(7-5-26)17-9-18(29-3)16(20(22)10-19(21)23-13-24-20)8-15(17)14-11-25-27(2)12-14/h8-13H,4-7,21-22H2,1-3H3,(H,23,24). The lowest BCUT2D eigenvalue weighted by Crippen LogP contribution is -2.44. The van der Waals surface area contributed by atoms with Crippen LogP contribution in [0.5, 0.6) is 5.75 Å². The summed E-state index contributed by atoms with van der Waals surface area (Å²) in [5.41, 5.74) is 15.4. The zero-order chi connectivity index (χ0) is 20.6. The van der Waals surface area contributed by atoms with Gasteiger partial charge in [0, 0.05) is 73.9 Å². The fourth-order valence-electron chi connectivity index (χ4n) is 3.83. The summed E-state index contributed by atoms with van der Waals surface area (Å²) >= 11 is 0. The average Bonchev–Trinajstić information content (AvgIpc) is 3.13. The Morgan fingerprint density at radius 2 is 1.93 bits per heavy atom. The summed E-state index contributed by atoms with van der Waals surface area (Å²) in [5.74, 6) is 1.13. The van der Waals surface area contributed by atoms with E-state index >= 15 is 0 Å². The number of nitrogens with one attached hydrogen (secondary N) is 1. The summed E-state index contributed by atoms with van der Waals surface area (Å²) < 4.78 is 7.54. The Kier molecular flexibility index (Phi) is 4.93. The van der Waals surface area contributed by atoms with E-state index in [1.54, 1.807) is 17.9 Å². The van der Waals surface area contributed by atoms with Crippen LogP contribution in [0, 0.1) is 0 Å². The molecule has 1 aromatic carbocycles. The van der Waals surface area contributed by atoms with Gasteiger partial charge in [-0.3, -0.25) is 10.4 Å². The third kappa shape index (κ3) is 3.66. The second kappa shape index (κ2) is 7.41. The number of aryl methyl sites for hydroxylation is 1. The van der Waals surface area contributed by atoms with Crippen LogP contribution in [0.4, 0.5) is 5.69 Å². The smallest absolute Gasteiger partial charge is 0.161 e. The second-order valence-corrected chi connectivity index (χ2v) is 7.59. The summed E-state index contributed by atoms with van der Waals surface area (Å²) in [6.45, 7) is 3.89. The quantitative estimate of drug-likeness (QED) is 0.686. The van der Waals surface area contributed by atoms with Gasteiger partial charge in [-0.25, -0.2) is 4.99 Å². The van der Waals surface area contributed by atoms with Crippen molar-refractivity contribution in [2.24, 2.45) is 23.5 Å². The molecule has 2 aromatic rings. The molecule has 5 N–H and O–H groups in total. The van der Waals surface area contributed by atoms with Crippen molar-refractivity contribution >= 4 is 12.0 Å². The largest absolute Gasteiger partial charge is 0.496 e. The molecule has 0 spiro atoms. The highest BCUT2D eigenvalue weighted by atomic mass is 16.5. The number of hydrogen-bond acceptors (Lipinski definition) is 8. The highest BCUT2D eigenvalue weighted by Gasteiger charge is 2.32. The molecule has 1 aromatic heterocycles. The second-order valence-electron chi connectivity index (χ2n) is 7.59. The first-order chi connectivity index (χ1) is 13.9. The van der Waals surface area contributed by atoms with Crippen LogP contribution in [0.2, 0.25) is 0 Å². The van der Waals surface area contributed by atoms with Crippen LogP contribution in [0.25, 0.3) is 11.1 Å². The van der Waals surface area contributed by atoms with Crippen molar-refractivity contribution in [1.82, 2.24) is 20.0 Å². The Labute approximate surface area is 170 Å². The third-order valence-corrected chi connectivity index (χ3v) is 5.49. The molecule has 1 atom stereocenters. The summed E-state index contributed by atoms with van der Waals surface area (Å²) in [6, 6.07) is 4.11. The van der Waals surface area contributed by atoms with Crippen LogP contribution in [-0.2, 0) is 12.7 Å². The highest BCUT2D eigenvalue weighted by molar-refractivity contribution is 5.81. The maximum absolute atomic E-state index is 6.63. The van der Waals surface area contributed by atoms with Gasteiger partial charge < -0.3 is 25.6 Å². The van der Waals surface area contributed by atoms with E-state index in [1.165, 1.54) is 6.34 Å². The predicted molar refractivity (Wildman–Crippen MR) is 115 cm³/mol. The van der Waals surface area contributed by atoms with Gasteiger partial charge in [0.2, 0.25) is 0 Å². The maximum atomic E-state index is 6.63. The lowest BCUT2D eigenvalue weighted by molar-refractivity contribution is 0.312. The average molecular weight is 396 g/mol. The number of aliphatic imine (C=N–C) groups is 1. The number of rotatable bonds is 4. The first-order valence-corrected chi connectivity index (χ1v) is 9.62. The Morgan fingerprint density at radius 3 is 2.55 bits per heavy atom. The maximum Gasteiger partial charge on any atom is 0.161 e. The van der Waals surface area contributed by atoms with Crippen LogP contribution in [0.3, 0.4) is 0 Å². The minimum atomic E-state index is -1.11. The van der Waals surface area contributed by atoms with Crippen LogP contribution in [-0.4, -0.2) is 61.4 Å². The van der Waals surface area contributed by atoms with Crippen molar-refractivity contribution in [2.75, 3.05) is 45.2 Å². The van der Waals surface area contributed by atoms with E-state index in [0.29, 0.717) is 11.6 Å². The molecule has 0 radical (unpaired) electrons. The molecule has 1 unspecified atom stereocenters. The molecule has 1 fully saturated rings. The number of ether oxygens (including phenoxy) is 1. The number of nitrogens with zero attached hydrogens (tertiary/aromatic N) is 5. The monoisotopic (exact) mass is 396 g/mol. The lowest BCUT2D eigenvalue weighted by Gasteiger charge is -2.36. The van der Waals surface area contributed by atoms with Crippen molar-refractivity contribution in [3.63, 3.8) is 0 Å². The van der Waals surface area contributed by atoms with E-state index in [4.69, 9.17) is 16.2 Å². The molecule has 154 valence electrons. The normalized spacial score (nSPS) is 22.3. The van der Waals surface area contributed by atoms with Crippen molar-refractivity contribution in [1.29, 1.82) is 0 Å². The number of piperazine rings is 1. The molecule has 0 bridgehead atoms. The van der Waals surface area contributed by atoms with Gasteiger partial charge in [-0.1, -0.05) is 0 Å². The van der Waals surface area contributed by atoms with Crippen LogP contribution in [0.15, 0.2) is 41.4 Å². The number of anilines is 1. The molecule has 0 aliphatic carbocycles. The Hall–Kier alpha value is -3.04. The van der Waals surface area contributed by atoms with E-state index in [1.807, 2.05) is 19.4 Å². The van der Waals surface area contributed by atoms with Crippen molar-refractivity contribution in [3.8, 4) is 16.9 Å². The molecule has 0 amide bonds. The molecular weight excluding hydrogens is 368 g/mol. The number of likely N-dealkylation sites (N-methyl/N-ethyl adjacent to an activating group) is 1. The van der Waals surface area contributed by atoms with Gasteiger partial charge in [-0.05, 0) is 13.1 Å². The van der Waals surface area contributed by atoms with E-state index < -0.39 is 5.66 Å². The van der Waals surface area contributed by atoms with E-state index in [9.17, 15) is 0 Å². The number of benzene rings is 1. The van der Waals surface area contributed by atoms with E-state index in [-0.39, 0.29) is 0 Å². The molecule has 4 rings (SSSR count). The van der Waals surface area contributed by atoms with Crippen molar-refractivity contribution < 1.29 is 4.74 Å². The molecule has 0 saturated carbocycles. The van der Waals surface area contributed by atoms with Gasteiger partial charge in [0.15, 0.2) is 5.66 Å². The summed E-state index contributed by atoms with van der Waals surface area (Å²) in [6.07, 6.45) is 7.09. The van der Waals surface area contributed by atoms with E-state index in [2.05, 4.69) is 44.4 Å². The number of aromatic nitrogens is 2. The summed E-state index contributed by atoms with van der Waals surface area (Å²) in [7, 11) is 5.71. The molecule has 3 heterocycles. The summed E-state index contributed by atoms with van der Waals surface area (Å²) in [5, 5.41) is 7.22. The molecule has 29 heavy (non-hydrogen) atoms. The zero-order valence-electron chi connectivity index (χ0n) is 17.1. The van der Waals surface area contributed by atoms with Gasteiger partial charge in [0.05, 0.1) is 19.6 Å². The Morgan fingerprint density at radius 1 is 1.17 bits per heavy atom. The van der Waals surface area contributed by atoms with Gasteiger partial charge in [0.1, 0.15) is 11.6 Å². The third-order valence-electron chi connectivity index (χ3n) is 5.49. The summed E-state index contributed by atoms with van der Waals surface area (Å²) in [4.78, 5) is 9.16. The van der Waals surface area contributed by atoms with Crippen LogP contribution in [0.1, 0.15) is 5.56 Å². The highest BCUT2D eigenvalue weighted by Crippen LogP contribution is 2.41. The molecule has 2 aliphatic heterocycles. The lowest BCUT2D eigenvalue weighted by atomic mass is 9.93. The Bertz CT molecular complexity index is 957. The van der Waals surface area contributed by atoms with Crippen LogP contribution < -0.4 is 26.4 Å². The van der Waals surface area contributed by atoms with Gasteiger partial charge in [-0.15, -0.1) is 0 Å². The number of nitrogens with two attached hydrogens (primary N) is 2. The fourth-order valence-corrected chi connectivity index (χ4v) is 3.83. The minimum Gasteiger partial charge on any atom is -0.496 e. The first kappa shape index (κ1) is 19.3. The number of methoxy groups -OCH3 is 1. The van der Waals surface area contributed by atoms with Gasteiger partial charge >= 0.3 is 0 Å². The van der Waals surface area contributed by atoms with E-state index in [0.717, 1.165) is 48.6 Å². The zero-order valence-corrected chi connectivity index (χ0v) is 17.1. The molecule has 9 nitrogen and oxygen atoms in total. The minimum absolute atomic E-state index is 0.454. The Balaban J connectivity index is 1.88. The van der Waals surface area contributed by atoms with Crippen molar-refractivity contribution in [3.05, 3.63) is 42.0 Å².